The molecular weight excluding hydrogens is 697 g/mol. The average molecular weight is 814 g/mol. The smallest absolute Gasteiger partial charge is 0.0323 e. The van der Waals surface area contributed by atoms with Gasteiger partial charge in [-0.25, -0.2) is 0 Å². The van der Waals surface area contributed by atoms with Gasteiger partial charge in [0.05, 0.1) is 0 Å². The van der Waals surface area contributed by atoms with Crippen molar-refractivity contribution in [1.29, 1.82) is 0 Å². The van der Waals surface area contributed by atoms with Crippen LogP contribution in [0.3, 0.4) is 0 Å². The van der Waals surface area contributed by atoms with E-state index >= 15 is 0 Å². The maximum absolute atomic E-state index is 2.44. The molecule has 6 aliphatic carbocycles. The molecule has 0 saturated heterocycles. The molecule has 348 valence electrons. The van der Waals surface area contributed by atoms with Crippen molar-refractivity contribution in [1.82, 2.24) is 0 Å². The van der Waals surface area contributed by atoms with Crippen molar-refractivity contribution in [3.05, 3.63) is 0 Å². The van der Waals surface area contributed by atoms with Crippen molar-refractivity contribution in [3.8, 4) is 0 Å². The molecule has 0 spiro atoms. The zero-order valence-corrected chi connectivity index (χ0v) is 44.5. The van der Waals surface area contributed by atoms with Gasteiger partial charge in [-0.15, -0.1) is 0 Å². The first-order valence-corrected chi connectivity index (χ1v) is 26.6. The van der Waals surface area contributed by atoms with Gasteiger partial charge in [-0.3, -0.25) is 0 Å². The molecule has 0 heterocycles. The molecule has 0 nitrogen and oxygen atoms in total. The third kappa shape index (κ3) is 25.2. The van der Waals surface area contributed by atoms with Crippen LogP contribution < -0.4 is 0 Å². The maximum Gasteiger partial charge on any atom is -0.0323 e. The Morgan fingerprint density at radius 3 is 0.983 bits per heavy atom. The molecule has 0 aromatic rings. The lowest BCUT2D eigenvalue weighted by atomic mass is 9.64. The Bertz CT molecular complexity index is 959. The van der Waals surface area contributed by atoms with Crippen molar-refractivity contribution >= 4 is 0 Å². The molecule has 0 aromatic heterocycles. The van der Waals surface area contributed by atoms with Crippen LogP contribution in [-0.4, -0.2) is 0 Å². The van der Waals surface area contributed by atoms with E-state index in [2.05, 4.69) is 138 Å². The fraction of sp³-hybridized carbons (Fsp3) is 1.00. The quantitative estimate of drug-likeness (QED) is 0.184. The van der Waals surface area contributed by atoms with Gasteiger partial charge in [0.15, 0.2) is 0 Å². The third-order valence-electron chi connectivity index (χ3n) is 15.6. The van der Waals surface area contributed by atoms with Crippen LogP contribution in [-0.2, 0) is 0 Å². The fourth-order valence-electron chi connectivity index (χ4n) is 12.3. The Morgan fingerprint density at radius 1 is 0.431 bits per heavy atom. The lowest BCUT2D eigenvalue weighted by Crippen LogP contribution is -2.30. The summed E-state index contributed by atoms with van der Waals surface area (Å²) >= 11 is 0. The van der Waals surface area contributed by atoms with E-state index in [4.69, 9.17) is 0 Å². The van der Waals surface area contributed by atoms with Gasteiger partial charge in [-0.2, -0.15) is 0 Å². The lowest BCUT2D eigenvalue weighted by Gasteiger charge is -2.41. The van der Waals surface area contributed by atoms with Gasteiger partial charge in [0.25, 0.3) is 0 Å². The molecule has 0 amide bonds. The average Bonchev–Trinajstić information content (AvgIpc) is 3.84. The first-order valence-electron chi connectivity index (χ1n) is 26.6. The Morgan fingerprint density at radius 2 is 0.793 bits per heavy atom. The van der Waals surface area contributed by atoms with Crippen LogP contribution >= 0.6 is 0 Å². The van der Waals surface area contributed by atoms with E-state index in [0.29, 0.717) is 16.2 Å². The Labute approximate surface area is 371 Å². The van der Waals surface area contributed by atoms with Gasteiger partial charge in [0, 0.05) is 0 Å². The van der Waals surface area contributed by atoms with E-state index in [1.54, 1.807) is 0 Å². The molecule has 6 rings (SSSR count). The van der Waals surface area contributed by atoms with Gasteiger partial charge < -0.3 is 0 Å². The fourth-order valence-corrected chi connectivity index (χ4v) is 12.3. The van der Waals surface area contributed by atoms with Gasteiger partial charge in [-0.05, 0) is 202 Å². The molecule has 0 N–H and O–H groups in total. The van der Waals surface area contributed by atoms with Crippen LogP contribution in [0.5, 0.6) is 0 Å². The minimum Gasteiger partial charge on any atom is -0.0628 e. The highest BCUT2D eigenvalue weighted by atomic mass is 14.4. The summed E-state index contributed by atoms with van der Waals surface area (Å²) in [5.41, 5.74) is 2.56. The van der Waals surface area contributed by atoms with E-state index in [0.717, 1.165) is 76.4 Å². The predicted octanol–water partition coefficient (Wildman–Crippen LogP) is 20.3. The second kappa shape index (κ2) is 26.6. The molecule has 58 heavy (non-hydrogen) atoms. The lowest BCUT2D eigenvalue weighted by molar-refractivity contribution is 0.0964. The molecule has 0 bridgehead atoms. The molecule has 0 unspecified atom stereocenters. The number of rotatable bonds is 12. The van der Waals surface area contributed by atoms with E-state index < -0.39 is 0 Å². The third-order valence-corrected chi connectivity index (χ3v) is 15.6. The highest BCUT2D eigenvalue weighted by Crippen LogP contribution is 2.49. The van der Waals surface area contributed by atoms with E-state index in [-0.39, 0.29) is 0 Å². The Kier molecular flexibility index (Phi) is 25.7. The summed E-state index contributed by atoms with van der Waals surface area (Å²) in [6.07, 6.45) is 32.4. The monoisotopic (exact) mass is 813 g/mol. The molecular formula is C58H116. The van der Waals surface area contributed by atoms with Crippen LogP contribution in [0.15, 0.2) is 0 Å². The van der Waals surface area contributed by atoms with Crippen LogP contribution in [0.2, 0.25) is 0 Å². The van der Waals surface area contributed by atoms with E-state index in [1.807, 2.05) is 0 Å². The topological polar surface area (TPSA) is 0 Å². The molecule has 0 heteroatoms. The Hall–Kier alpha value is 0. The highest BCUT2D eigenvalue weighted by molar-refractivity contribution is 4.88. The van der Waals surface area contributed by atoms with Crippen LogP contribution in [0.25, 0.3) is 0 Å². The largest absolute Gasteiger partial charge is 0.0628 e. The van der Waals surface area contributed by atoms with Gasteiger partial charge in [0.1, 0.15) is 0 Å². The molecule has 6 saturated carbocycles. The summed E-state index contributed by atoms with van der Waals surface area (Å²) in [5, 5.41) is 0. The second-order valence-electron chi connectivity index (χ2n) is 27.2. The zero-order chi connectivity index (χ0) is 44.5. The SMILES string of the molecule is CC(C)(C)C1CCCCC1.CC(C)CC(C)(C)C1CC1.CC(C)CC(C)(C)C1CCC1.CC(C)CC1(C)CCC1.CC(C)CC1CC(C)C1.CC(C)CC1CC(C)C1. The molecule has 0 radical (unpaired) electrons. The molecule has 6 fully saturated rings. The summed E-state index contributed by atoms with van der Waals surface area (Å²) < 4.78 is 0. The zero-order valence-electron chi connectivity index (χ0n) is 44.5. The molecule has 0 aliphatic heterocycles. The standard InChI is InChI=1S/C11H22.2C10H20.3C9H18/c1-9(2)8-11(3,4)10-6-5-7-10;1-8(2)7-10(3,4)9-5-6-9;1-10(2,3)9-7-5-4-6-8-9;2*1-7(2)4-9-5-8(3)6-9;1-8(2)7-9(3)5-4-6-9/h9-10H,5-8H2,1-4H3;8-9H,5-7H2,1-4H3;9H,4-8H2,1-3H3;2*7-9H,4-6H2,1-3H3;8H,4-7H2,1-3H3. The predicted molar refractivity (Wildman–Crippen MR) is 267 cm³/mol. The molecule has 0 aromatic carbocycles. The molecule has 6 aliphatic rings. The first kappa shape index (κ1) is 56.0. The Balaban J connectivity index is 0.000000349. The number of hydrogen-bond acceptors (Lipinski definition) is 0. The van der Waals surface area contributed by atoms with Crippen molar-refractivity contribution in [2.45, 2.75) is 280 Å². The van der Waals surface area contributed by atoms with Crippen molar-refractivity contribution < 1.29 is 0 Å². The summed E-state index contributed by atoms with van der Waals surface area (Å²) in [7, 11) is 0. The number of hydrogen-bond donors (Lipinski definition) is 0. The van der Waals surface area contributed by atoms with Crippen molar-refractivity contribution in [2.24, 2.45) is 92.7 Å². The summed E-state index contributed by atoms with van der Waals surface area (Å²) in [6.45, 7) is 47.3. The van der Waals surface area contributed by atoms with Gasteiger partial charge >= 0.3 is 0 Å². The minimum absolute atomic E-state index is 0.570. The van der Waals surface area contributed by atoms with Crippen LogP contribution in [0, 0.1) is 92.7 Å². The van der Waals surface area contributed by atoms with Crippen molar-refractivity contribution in [3.63, 3.8) is 0 Å². The first-order chi connectivity index (χ1) is 26.6. The second-order valence-corrected chi connectivity index (χ2v) is 27.2. The maximum atomic E-state index is 2.44. The van der Waals surface area contributed by atoms with Gasteiger partial charge in [-0.1, -0.05) is 171 Å². The summed E-state index contributed by atoms with van der Waals surface area (Å²) in [5.74, 6) is 11.8. The summed E-state index contributed by atoms with van der Waals surface area (Å²) in [4.78, 5) is 0. The van der Waals surface area contributed by atoms with Gasteiger partial charge in [0.2, 0.25) is 0 Å². The normalized spacial score (nSPS) is 25.8. The molecule has 0 atom stereocenters. The van der Waals surface area contributed by atoms with E-state index in [1.165, 1.54) is 141 Å². The van der Waals surface area contributed by atoms with Crippen LogP contribution in [0.4, 0.5) is 0 Å². The van der Waals surface area contributed by atoms with Crippen LogP contribution in [0.1, 0.15) is 280 Å². The summed E-state index contributed by atoms with van der Waals surface area (Å²) in [6, 6.07) is 0. The van der Waals surface area contributed by atoms with Crippen molar-refractivity contribution in [2.75, 3.05) is 0 Å². The highest BCUT2D eigenvalue weighted by Gasteiger charge is 2.38. The minimum atomic E-state index is 0.570. The van der Waals surface area contributed by atoms with E-state index in [9.17, 15) is 0 Å².